The van der Waals surface area contributed by atoms with Crippen LogP contribution in [-0.2, 0) is 4.79 Å². The topological polar surface area (TPSA) is 58.6 Å². The predicted molar refractivity (Wildman–Crippen MR) is 89.3 cm³/mol. The molecule has 0 saturated carbocycles. The number of carbonyl (C=O) groups excluding carboxylic acids is 1. The minimum Gasteiger partial charge on any atom is -0.488 e. The molecule has 2 aromatic rings. The van der Waals surface area contributed by atoms with Gasteiger partial charge in [-0.2, -0.15) is 0 Å². The molecule has 2 aromatic carbocycles. The summed E-state index contributed by atoms with van der Waals surface area (Å²) in [5, 5.41) is 13.0. The minimum atomic E-state index is -0.453. The Bertz CT molecular complexity index is 743. The molecule has 0 aromatic heterocycles. The molecule has 1 aliphatic rings. The van der Waals surface area contributed by atoms with Crippen molar-refractivity contribution in [2.24, 2.45) is 0 Å². The molecule has 5 heteroatoms. The molecule has 1 heterocycles. The third-order valence-electron chi connectivity index (χ3n) is 3.67. The number of rotatable bonds is 4. The van der Waals surface area contributed by atoms with Gasteiger partial charge < -0.3 is 15.2 Å². The lowest BCUT2D eigenvalue weighted by molar-refractivity contribution is -0.118. The van der Waals surface area contributed by atoms with E-state index in [1.807, 2.05) is 30.3 Å². The molecule has 0 bridgehead atoms. The van der Waals surface area contributed by atoms with Crippen LogP contribution in [0.2, 0.25) is 5.02 Å². The number of aliphatic hydroxyl groups is 1. The van der Waals surface area contributed by atoms with E-state index in [1.54, 1.807) is 24.3 Å². The maximum Gasteiger partial charge on any atom is 0.251 e. The number of nitrogens with one attached hydrogen (secondary N) is 1. The van der Waals surface area contributed by atoms with Gasteiger partial charge in [0.1, 0.15) is 12.4 Å². The molecule has 1 amide bonds. The van der Waals surface area contributed by atoms with Crippen LogP contribution >= 0.6 is 11.6 Å². The van der Waals surface area contributed by atoms with Crippen molar-refractivity contribution in [3.63, 3.8) is 0 Å². The number of fused-ring (bicyclic) bond motifs is 1. The fourth-order valence-electron chi connectivity index (χ4n) is 2.45. The molecule has 0 fully saturated rings. The van der Waals surface area contributed by atoms with Crippen LogP contribution in [0.25, 0.3) is 6.08 Å². The van der Waals surface area contributed by atoms with Crippen LogP contribution in [0, 0.1) is 0 Å². The van der Waals surface area contributed by atoms with Gasteiger partial charge in [-0.1, -0.05) is 41.9 Å². The molecule has 3 rings (SSSR count). The highest BCUT2D eigenvalue weighted by Crippen LogP contribution is 2.29. The van der Waals surface area contributed by atoms with Crippen molar-refractivity contribution in [2.75, 3.05) is 13.2 Å². The first-order chi connectivity index (χ1) is 11.2. The van der Waals surface area contributed by atoms with E-state index >= 15 is 0 Å². The predicted octanol–water partition coefficient (Wildman–Crippen LogP) is 2.97. The fraction of sp³-hybridized carbons (Fsp3) is 0.167. The van der Waals surface area contributed by atoms with Crippen LogP contribution in [0.4, 0.5) is 0 Å². The Morgan fingerprint density at radius 3 is 2.78 bits per heavy atom. The Morgan fingerprint density at radius 2 is 2.04 bits per heavy atom. The van der Waals surface area contributed by atoms with Gasteiger partial charge in [0.25, 0.3) is 5.91 Å². The second kappa shape index (κ2) is 6.86. The highest BCUT2D eigenvalue weighted by molar-refractivity contribution is 6.30. The van der Waals surface area contributed by atoms with Crippen LogP contribution < -0.4 is 10.1 Å². The smallest absolute Gasteiger partial charge is 0.251 e. The van der Waals surface area contributed by atoms with Crippen LogP contribution in [0.3, 0.4) is 0 Å². The number of ether oxygens (including phenoxy) is 1. The van der Waals surface area contributed by atoms with Crippen molar-refractivity contribution < 1.29 is 14.6 Å². The Labute approximate surface area is 139 Å². The first-order valence-electron chi connectivity index (χ1n) is 7.27. The lowest BCUT2D eigenvalue weighted by Crippen LogP contribution is -2.33. The van der Waals surface area contributed by atoms with Gasteiger partial charge in [-0.25, -0.2) is 0 Å². The molecule has 4 nitrogen and oxygen atoms in total. The first-order valence-corrected chi connectivity index (χ1v) is 7.65. The summed E-state index contributed by atoms with van der Waals surface area (Å²) in [6.07, 6.45) is 1.76. The number of amides is 1. The third-order valence-corrected chi connectivity index (χ3v) is 3.90. The number of hydrogen-bond acceptors (Lipinski definition) is 3. The first kappa shape index (κ1) is 15.6. The minimum absolute atomic E-state index is 0.174. The Balaban J connectivity index is 1.78. The summed E-state index contributed by atoms with van der Waals surface area (Å²) in [5.74, 6) is 0.436. The van der Waals surface area contributed by atoms with E-state index in [4.69, 9.17) is 16.3 Å². The van der Waals surface area contributed by atoms with Gasteiger partial charge in [0.2, 0.25) is 0 Å². The molecule has 23 heavy (non-hydrogen) atoms. The molecule has 1 unspecified atom stereocenters. The summed E-state index contributed by atoms with van der Waals surface area (Å²) >= 11 is 5.97. The highest BCUT2D eigenvalue weighted by atomic mass is 35.5. The number of halogens is 1. The van der Waals surface area contributed by atoms with Gasteiger partial charge in [-0.15, -0.1) is 0 Å². The molecule has 0 aliphatic carbocycles. The lowest BCUT2D eigenvalue weighted by atomic mass is 10.0. The number of benzene rings is 2. The molecular weight excluding hydrogens is 314 g/mol. The SMILES string of the molecule is O=C(NC(CO)c1ccccc1)C1=Cc2cc(Cl)ccc2OC1. The molecular formula is C18H16ClNO3. The van der Waals surface area contributed by atoms with E-state index in [1.165, 1.54) is 0 Å². The van der Waals surface area contributed by atoms with E-state index in [0.29, 0.717) is 16.3 Å². The quantitative estimate of drug-likeness (QED) is 0.906. The Kier molecular flexibility index (Phi) is 4.65. The van der Waals surface area contributed by atoms with E-state index in [9.17, 15) is 9.90 Å². The fourth-order valence-corrected chi connectivity index (χ4v) is 2.63. The zero-order chi connectivity index (χ0) is 16.2. The van der Waals surface area contributed by atoms with Crippen molar-refractivity contribution >= 4 is 23.6 Å². The van der Waals surface area contributed by atoms with Crippen LogP contribution in [0.5, 0.6) is 5.75 Å². The summed E-state index contributed by atoms with van der Waals surface area (Å²) in [5.41, 5.74) is 2.12. The monoisotopic (exact) mass is 329 g/mol. The molecule has 0 radical (unpaired) electrons. The van der Waals surface area contributed by atoms with Gasteiger partial charge in [-0.05, 0) is 29.8 Å². The number of carbonyl (C=O) groups is 1. The second-order valence-corrected chi connectivity index (χ2v) is 5.70. The molecule has 1 aliphatic heterocycles. The van der Waals surface area contributed by atoms with Crippen LogP contribution in [-0.4, -0.2) is 24.2 Å². The maximum absolute atomic E-state index is 12.4. The van der Waals surface area contributed by atoms with Crippen LogP contribution in [0.1, 0.15) is 17.2 Å². The van der Waals surface area contributed by atoms with Gasteiger partial charge in [0, 0.05) is 10.6 Å². The normalized spacial score (nSPS) is 14.3. The zero-order valence-corrected chi connectivity index (χ0v) is 13.1. The molecule has 118 valence electrons. The maximum atomic E-state index is 12.4. The molecule has 0 saturated heterocycles. The van der Waals surface area contributed by atoms with Crippen LogP contribution in [0.15, 0.2) is 54.1 Å². The van der Waals surface area contributed by atoms with Gasteiger partial charge in [0.05, 0.1) is 18.2 Å². The Hall–Kier alpha value is -2.30. The Morgan fingerprint density at radius 1 is 1.26 bits per heavy atom. The highest BCUT2D eigenvalue weighted by Gasteiger charge is 2.20. The zero-order valence-electron chi connectivity index (χ0n) is 12.3. The molecule has 0 spiro atoms. The van der Waals surface area contributed by atoms with Crippen molar-refractivity contribution in [1.29, 1.82) is 0 Å². The number of aliphatic hydroxyl groups excluding tert-OH is 1. The van der Waals surface area contributed by atoms with Gasteiger partial charge >= 0.3 is 0 Å². The second-order valence-electron chi connectivity index (χ2n) is 5.26. The summed E-state index contributed by atoms with van der Waals surface area (Å²) in [4.78, 5) is 12.4. The van der Waals surface area contributed by atoms with Crippen molar-refractivity contribution in [3.8, 4) is 5.75 Å². The average Bonchev–Trinajstić information content (AvgIpc) is 2.59. The molecule has 2 N–H and O–H groups in total. The number of hydrogen-bond donors (Lipinski definition) is 2. The molecule has 1 atom stereocenters. The van der Waals surface area contributed by atoms with Gasteiger partial charge in [0.15, 0.2) is 0 Å². The van der Waals surface area contributed by atoms with E-state index in [0.717, 1.165) is 11.1 Å². The van der Waals surface area contributed by atoms with E-state index in [-0.39, 0.29) is 19.1 Å². The van der Waals surface area contributed by atoms with E-state index in [2.05, 4.69) is 5.32 Å². The summed E-state index contributed by atoms with van der Waals surface area (Å²) in [6.45, 7) is 0.0136. The summed E-state index contributed by atoms with van der Waals surface area (Å²) < 4.78 is 5.58. The third kappa shape index (κ3) is 3.55. The lowest BCUT2D eigenvalue weighted by Gasteiger charge is -2.21. The average molecular weight is 330 g/mol. The largest absolute Gasteiger partial charge is 0.488 e. The van der Waals surface area contributed by atoms with Gasteiger partial charge in [-0.3, -0.25) is 4.79 Å². The summed E-state index contributed by atoms with van der Waals surface area (Å²) in [7, 11) is 0. The summed E-state index contributed by atoms with van der Waals surface area (Å²) in [6, 6.07) is 14.2. The van der Waals surface area contributed by atoms with Crippen molar-refractivity contribution in [3.05, 3.63) is 70.3 Å². The standard InChI is InChI=1S/C18H16ClNO3/c19-15-6-7-17-13(9-15)8-14(11-23-17)18(22)20-16(10-21)12-4-2-1-3-5-12/h1-9,16,21H,10-11H2,(H,20,22). The van der Waals surface area contributed by atoms with E-state index < -0.39 is 6.04 Å². The van der Waals surface area contributed by atoms with Crippen molar-refractivity contribution in [2.45, 2.75) is 6.04 Å². The van der Waals surface area contributed by atoms with Crippen molar-refractivity contribution in [1.82, 2.24) is 5.32 Å².